The van der Waals surface area contributed by atoms with Crippen LogP contribution in [0.4, 0.5) is 0 Å². The molecule has 2 heterocycles. The van der Waals surface area contributed by atoms with Crippen LogP contribution in [0.25, 0.3) is 0 Å². The molecule has 9 nitrogen and oxygen atoms in total. The van der Waals surface area contributed by atoms with Crippen LogP contribution >= 0.6 is 0 Å². The van der Waals surface area contributed by atoms with Gasteiger partial charge in [0.05, 0.1) is 6.61 Å². The molecule has 0 spiro atoms. The molecule has 3 N–H and O–H groups in total. The van der Waals surface area contributed by atoms with Crippen LogP contribution < -0.4 is 0 Å². The minimum absolute atomic E-state index is 0.186. The predicted molar refractivity (Wildman–Crippen MR) is 175 cm³/mol. The van der Waals surface area contributed by atoms with Gasteiger partial charge >= 0.3 is 0 Å². The number of carbonyl (C=O) groups is 3. The van der Waals surface area contributed by atoms with Crippen LogP contribution in [0.5, 0.6) is 0 Å². The Kier molecular flexibility index (Phi) is 16.7. The van der Waals surface area contributed by atoms with Gasteiger partial charge in [-0.1, -0.05) is 104 Å². The molecule has 0 saturated carbocycles. The number of aliphatic hydroxyl groups excluding tert-OH is 3. The van der Waals surface area contributed by atoms with Gasteiger partial charge in [-0.05, 0) is 37.8 Å². The highest BCUT2D eigenvalue weighted by Crippen LogP contribution is 2.33. The van der Waals surface area contributed by atoms with E-state index in [0.29, 0.717) is 5.57 Å². The topological polar surface area (TPSA) is 140 Å². The normalized spacial score (nSPS) is 23.5. The quantitative estimate of drug-likeness (QED) is 0.184. The highest BCUT2D eigenvalue weighted by Gasteiger charge is 2.48. The zero-order chi connectivity index (χ0) is 34.1. The lowest BCUT2D eigenvalue weighted by Crippen LogP contribution is -2.61. The molecule has 2 aliphatic rings. The molecule has 9 heteroatoms. The van der Waals surface area contributed by atoms with Crippen molar-refractivity contribution in [3.63, 3.8) is 0 Å². The van der Waals surface area contributed by atoms with E-state index < -0.39 is 37.0 Å². The second kappa shape index (κ2) is 20.1. The van der Waals surface area contributed by atoms with E-state index in [1.54, 1.807) is 12.1 Å². The Morgan fingerprint density at radius 1 is 0.848 bits per heavy atom. The number of benzene rings is 3. The van der Waals surface area contributed by atoms with Crippen LogP contribution in [0.2, 0.25) is 0 Å². The molecule has 0 aliphatic carbocycles. The summed E-state index contributed by atoms with van der Waals surface area (Å²) in [5.41, 5.74) is 5.26. The number of hydrogen-bond donors (Lipinski definition) is 3. The third kappa shape index (κ3) is 12.4. The van der Waals surface area contributed by atoms with Gasteiger partial charge in [-0.25, -0.2) is 0 Å². The monoisotopic (exact) mass is 632 g/mol. The summed E-state index contributed by atoms with van der Waals surface area (Å²) >= 11 is 0. The van der Waals surface area contributed by atoms with Crippen LogP contribution in [0.3, 0.4) is 0 Å². The minimum Gasteiger partial charge on any atom is -0.387 e. The first-order valence-corrected chi connectivity index (χ1v) is 14.8. The molecular weight excluding hydrogens is 588 g/mol. The Balaban J connectivity index is 0.000000232. The van der Waals surface area contributed by atoms with Gasteiger partial charge in [0.1, 0.15) is 43.3 Å². The smallest absolute Gasteiger partial charge is 0.184 e. The lowest BCUT2D eigenvalue weighted by molar-refractivity contribution is -0.354. The number of allylic oxidation sites excluding steroid dienone is 2. The minimum atomic E-state index is -1.42. The third-order valence-electron chi connectivity index (χ3n) is 7.12. The molecule has 3 aromatic carbocycles. The Hall–Kier alpha value is -4.09. The summed E-state index contributed by atoms with van der Waals surface area (Å²) in [7, 11) is 0. The molecule has 2 aliphatic heterocycles. The Bertz CT molecular complexity index is 1370. The zero-order valence-electron chi connectivity index (χ0n) is 26.5. The Morgan fingerprint density at radius 3 is 2.04 bits per heavy atom. The van der Waals surface area contributed by atoms with E-state index in [1.165, 1.54) is 5.56 Å². The van der Waals surface area contributed by atoms with Gasteiger partial charge in [0.15, 0.2) is 12.6 Å². The van der Waals surface area contributed by atoms with E-state index >= 15 is 0 Å². The molecule has 0 bridgehead atoms. The second-order valence-corrected chi connectivity index (χ2v) is 10.9. The molecule has 0 aromatic heterocycles. The van der Waals surface area contributed by atoms with E-state index in [-0.39, 0.29) is 12.5 Å². The van der Waals surface area contributed by atoms with Gasteiger partial charge in [0.25, 0.3) is 0 Å². The van der Waals surface area contributed by atoms with Gasteiger partial charge < -0.3 is 29.5 Å². The van der Waals surface area contributed by atoms with Crippen molar-refractivity contribution in [3.8, 4) is 0 Å². The molecule has 2 saturated heterocycles. The van der Waals surface area contributed by atoms with Crippen LogP contribution in [0, 0.1) is 19.8 Å². The second-order valence-electron chi connectivity index (χ2n) is 10.9. The fraction of sp³-hybridized carbons (Fsp3) is 0.324. The molecule has 5 rings (SSSR count). The molecular formula is C37H44O9. The fourth-order valence-electron chi connectivity index (χ4n) is 4.28. The van der Waals surface area contributed by atoms with Crippen molar-refractivity contribution in [1.29, 1.82) is 0 Å². The summed E-state index contributed by atoms with van der Waals surface area (Å²) in [6, 6.07) is 24.3. The van der Waals surface area contributed by atoms with Crippen molar-refractivity contribution in [2.24, 2.45) is 5.92 Å². The van der Waals surface area contributed by atoms with Gasteiger partial charge in [-0.15, -0.1) is 6.58 Å². The van der Waals surface area contributed by atoms with E-state index in [0.717, 1.165) is 47.5 Å². The molecule has 3 aromatic rings. The van der Waals surface area contributed by atoms with Crippen LogP contribution in [0.1, 0.15) is 57.0 Å². The summed E-state index contributed by atoms with van der Waals surface area (Å²) in [5.74, 6) is 0.250. The van der Waals surface area contributed by atoms with Crippen molar-refractivity contribution in [2.75, 3.05) is 6.61 Å². The third-order valence-corrected chi connectivity index (χ3v) is 7.12. The fourth-order valence-corrected chi connectivity index (χ4v) is 4.28. The highest BCUT2D eigenvalue weighted by atomic mass is 16.7. The first-order valence-electron chi connectivity index (χ1n) is 14.8. The summed E-state index contributed by atoms with van der Waals surface area (Å²) in [6.07, 6.45) is -0.803. The van der Waals surface area contributed by atoms with Crippen molar-refractivity contribution >= 4 is 18.9 Å². The van der Waals surface area contributed by atoms with E-state index in [2.05, 4.69) is 13.2 Å². The number of hydrogen-bond acceptors (Lipinski definition) is 9. The standard InChI is InChI=1S/C13H16O6.2C8H8O.C8H12O/c14-9-10(15)12(16)18-8-6-17-13(19-11(8)9)7-4-2-1-3-5-7;1-7-2-4-8(6-9)5-3-7;1-7-3-2-4-8(5-7)6-9;1-4-5-7(2)8(3)6-9/h1-5,8-16H,6H2;2*2-6H,1H3;4,6-7H,1,3,5H2,2H3. The number of aryl methyl sites for hydroxylation is 2. The molecule has 246 valence electrons. The number of aliphatic hydroxyl groups is 3. The molecule has 7 unspecified atom stereocenters. The van der Waals surface area contributed by atoms with Crippen LogP contribution in [-0.4, -0.2) is 71.5 Å². The van der Waals surface area contributed by atoms with Crippen molar-refractivity contribution in [3.05, 3.63) is 131 Å². The lowest BCUT2D eigenvalue weighted by atomic mass is 9.98. The van der Waals surface area contributed by atoms with Crippen molar-refractivity contribution in [2.45, 2.75) is 64.2 Å². The maximum absolute atomic E-state index is 10.2. The Labute approximate surface area is 270 Å². The van der Waals surface area contributed by atoms with Gasteiger partial charge in [-0.3, -0.25) is 14.4 Å². The number of carbonyl (C=O) groups excluding carboxylic acids is 3. The maximum Gasteiger partial charge on any atom is 0.184 e. The number of rotatable bonds is 7. The van der Waals surface area contributed by atoms with Crippen LogP contribution in [0.15, 0.2) is 104 Å². The van der Waals surface area contributed by atoms with Crippen molar-refractivity contribution in [1.82, 2.24) is 0 Å². The number of aldehydes is 3. The number of ether oxygens (including phenoxy) is 3. The average molecular weight is 633 g/mol. The van der Waals surface area contributed by atoms with E-state index in [9.17, 15) is 29.7 Å². The molecule has 46 heavy (non-hydrogen) atoms. The highest BCUT2D eigenvalue weighted by molar-refractivity contribution is 5.75. The SMILES string of the molecule is C=CCC(C)C(=C)C=O.Cc1ccc(C=O)cc1.Cc1cccc(C=O)c1.OC1OC2COC(c3ccccc3)OC2C(O)C1O. The Morgan fingerprint density at radius 2 is 1.50 bits per heavy atom. The summed E-state index contributed by atoms with van der Waals surface area (Å²) in [4.78, 5) is 30.4. The first kappa shape index (κ1) is 38.1. The van der Waals surface area contributed by atoms with Crippen LogP contribution in [-0.2, 0) is 19.0 Å². The van der Waals surface area contributed by atoms with Crippen molar-refractivity contribution < 1.29 is 43.9 Å². The zero-order valence-corrected chi connectivity index (χ0v) is 26.5. The van der Waals surface area contributed by atoms with E-state index in [4.69, 9.17) is 14.2 Å². The molecule has 0 amide bonds. The van der Waals surface area contributed by atoms with Gasteiger partial charge in [0.2, 0.25) is 0 Å². The molecule has 7 atom stereocenters. The summed E-state index contributed by atoms with van der Waals surface area (Å²) in [6.45, 7) is 13.2. The molecule has 0 radical (unpaired) electrons. The summed E-state index contributed by atoms with van der Waals surface area (Å²) in [5, 5.41) is 29.0. The maximum atomic E-state index is 10.2. The van der Waals surface area contributed by atoms with Gasteiger partial charge in [-0.2, -0.15) is 0 Å². The van der Waals surface area contributed by atoms with Gasteiger partial charge in [0, 0.05) is 16.7 Å². The lowest BCUT2D eigenvalue weighted by Gasteiger charge is -2.45. The average Bonchev–Trinajstić information content (AvgIpc) is 3.08. The molecule has 2 fully saturated rings. The largest absolute Gasteiger partial charge is 0.387 e. The van der Waals surface area contributed by atoms with E-state index in [1.807, 2.05) is 93.6 Å². The number of fused-ring (bicyclic) bond motifs is 1. The summed E-state index contributed by atoms with van der Waals surface area (Å²) < 4.78 is 16.3. The first-order chi connectivity index (χ1) is 22.0. The predicted octanol–water partition coefficient (Wildman–Crippen LogP) is 5.11.